The number of nitrogens with one attached hydrogen (secondary N) is 2. The molecule has 2 aliphatic heterocycles. The van der Waals surface area contributed by atoms with E-state index in [1.165, 1.54) is 24.3 Å². The number of rotatable bonds is 12. The van der Waals surface area contributed by atoms with Crippen LogP contribution in [0.1, 0.15) is 22.8 Å². The van der Waals surface area contributed by atoms with Crippen molar-refractivity contribution in [1.29, 1.82) is 0 Å². The van der Waals surface area contributed by atoms with E-state index in [9.17, 15) is 25.9 Å². The number of hydrogen-bond acceptors (Lipinski definition) is 14. The van der Waals surface area contributed by atoms with Crippen LogP contribution in [0.5, 0.6) is 0 Å². The second-order valence-corrected chi connectivity index (χ2v) is 18.4. The van der Waals surface area contributed by atoms with Crippen molar-refractivity contribution in [2.45, 2.75) is 19.6 Å². The number of hydrogen-bond donors (Lipinski definition) is 6. The molecule has 5 heterocycles. The largest absolute Gasteiger partial charge is 0.354 e. The summed E-state index contributed by atoms with van der Waals surface area (Å²) < 4.78 is 77.1. The lowest BCUT2D eigenvalue weighted by atomic mass is 10.0. The molecule has 0 saturated carbocycles. The van der Waals surface area contributed by atoms with Crippen LogP contribution in [0.4, 0.5) is 0 Å². The Morgan fingerprint density at radius 3 is 0.922 bits per heavy atom. The first-order valence-electron chi connectivity index (χ1n) is 18.7. The molecule has 0 aliphatic carbocycles. The molecule has 0 unspecified atom stereocenters. The predicted molar refractivity (Wildman–Crippen MR) is 242 cm³/mol. The van der Waals surface area contributed by atoms with Crippen molar-refractivity contribution >= 4 is 90.7 Å². The summed E-state index contributed by atoms with van der Waals surface area (Å²) in [7, 11) is -9.00. The maximum atomic E-state index is 12.1. The van der Waals surface area contributed by atoms with Gasteiger partial charge < -0.3 is 9.97 Å². The zero-order valence-corrected chi connectivity index (χ0v) is 35.7. The molecule has 8 bridgehead atoms. The van der Waals surface area contributed by atoms with Crippen molar-refractivity contribution in [3.8, 4) is 44.5 Å². The van der Waals surface area contributed by atoms with Gasteiger partial charge >= 0.3 is 0 Å². The molecule has 0 amide bonds. The summed E-state index contributed by atoms with van der Waals surface area (Å²) in [5, 5.41) is 25.0. The van der Waals surface area contributed by atoms with Crippen LogP contribution >= 0.6 is 24.1 Å². The van der Waals surface area contributed by atoms with Crippen molar-refractivity contribution in [3.05, 3.63) is 144 Å². The summed E-state index contributed by atoms with van der Waals surface area (Å²) in [5.74, 6) is 0. The van der Waals surface area contributed by atoms with Gasteiger partial charge in [0, 0.05) is 54.1 Å². The van der Waals surface area contributed by atoms with E-state index in [0.717, 1.165) is 35.2 Å². The summed E-state index contributed by atoms with van der Waals surface area (Å²) in [6.07, 6.45) is 7.41. The van der Waals surface area contributed by atoms with Crippen molar-refractivity contribution in [2.24, 2.45) is 0 Å². The van der Waals surface area contributed by atoms with Gasteiger partial charge in [0.25, 0.3) is 20.2 Å². The highest BCUT2D eigenvalue weighted by Crippen LogP contribution is 2.39. The maximum absolute atomic E-state index is 12.1. The minimum Gasteiger partial charge on any atom is -0.354 e. The third-order valence-corrected chi connectivity index (χ3v) is 13.2. The van der Waals surface area contributed by atoms with Gasteiger partial charge in [-0.25, -0.2) is 20.5 Å². The third-order valence-electron chi connectivity index (χ3n) is 10.2. The molecule has 6 N–H and O–H groups in total. The molecule has 322 valence electrons. The van der Waals surface area contributed by atoms with Crippen LogP contribution in [-0.4, -0.2) is 56.4 Å². The van der Waals surface area contributed by atoms with Crippen LogP contribution in [0, 0.1) is 0 Å². The lowest BCUT2D eigenvalue weighted by Gasteiger charge is -2.08. The van der Waals surface area contributed by atoms with Gasteiger partial charge in [0.2, 0.25) is 0 Å². The summed E-state index contributed by atoms with van der Waals surface area (Å²) in [6, 6.07) is 33.6. The first kappa shape index (κ1) is 43.0. The van der Waals surface area contributed by atoms with Gasteiger partial charge in [-0.1, -0.05) is 58.6 Å². The van der Waals surface area contributed by atoms with Crippen LogP contribution < -0.4 is 0 Å². The number of H-pyrrole nitrogens is 2. The Morgan fingerprint density at radius 2 is 0.672 bits per heavy atom. The maximum Gasteiger partial charge on any atom is 0.294 e. The molecule has 4 aromatic carbocycles. The van der Waals surface area contributed by atoms with Gasteiger partial charge in [0.1, 0.15) is 0 Å². The zero-order chi connectivity index (χ0) is 44.6. The van der Waals surface area contributed by atoms with Gasteiger partial charge in [-0.15, -0.1) is 8.67 Å². The number of nitrogens with zero attached hydrogens (tertiary/aromatic N) is 2. The molecule has 2 aliphatic rings. The lowest BCUT2D eigenvalue weighted by molar-refractivity contribution is -0.432. The number of aromatic nitrogens is 4. The molecular formula is C44H30N4O12S4. The normalized spacial score (nSPS) is 12.6. The molecule has 9 rings (SSSR count). The fraction of sp³-hybridized carbons (Fsp3) is 0. The number of benzene rings is 4. The molecule has 64 heavy (non-hydrogen) atoms. The lowest BCUT2D eigenvalue weighted by Crippen LogP contribution is -1.97. The van der Waals surface area contributed by atoms with Crippen LogP contribution in [-0.2, 0) is 39.0 Å². The summed E-state index contributed by atoms with van der Waals surface area (Å²) in [5.41, 5.74) is 9.88. The Kier molecular flexibility index (Phi) is 11.9. The van der Waals surface area contributed by atoms with E-state index in [0.29, 0.717) is 88.0 Å². The van der Waals surface area contributed by atoms with Crippen molar-refractivity contribution in [1.82, 2.24) is 19.9 Å². The molecular weight excluding hydrogens is 905 g/mol. The van der Waals surface area contributed by atoms with Crippen molar-refractivity contribution < 1.29 is 55.2 Å². The first-order chi connectivity index (χ1) is 30.9. The van der Waals surface area contributed by atoms with E-state index < -0.39 is 20.2 Å². The number of fused-ring (bicyclic) bond motifs is 8. The minimum atomic E-state index is -4.50. The Balaban J connectivity index is 1.39. The predicted octanol–water partition coefficient (Wildman–Crippen LogP) is 10.7. The second-order valence-electron chi connectivity index (χ2n) is 14.0. The fourth-order valence-electron chi connectivity index (χ4n) is 7.47. The molecule has 3 aromatic heterocycles. The highest BCUT2D eigenvalue weighted by atomic mass is 32.2. The van der Waals surface area contributed by atoms with Gasteiger partial charge in [0.15, 0.2) is 0 Å². The molecule has 20 heteroatoms. The Hall–Kier alpha value is -6.24. The molecule has 0 radical (unpaired) electrons. The van der Waals surface area contributed by atoms with Gasteiger partial charge in [-0.05, 0) is 119 Å². The van der Waals surface area contributed by atoms with E-state index >= 15 is 0 Å². The monoisotopic (exact) mass is 934 g/mol. The van der Waals surface area contributed by atoms with Crippen molar-refractivity contribution in [2.75, 3.05) is 0 Å². The second kappa shape index (κ2) is 17.7. The molecule has 0 spiro atoms. The first-order valence-corrected chi connectivity index (χ1v) is 23.1. The average molecular weight is 935 g/mol. The van der Waals surface area contributed by atoms with Crippen LogP contribution in [0.2, 0.25) is 0 Å². The van der Waals surface area contributed by atoms with Crippen molar-refractivity contribution in [3.63, 3.8) is 0 Å². The smallest absolute Gasteiger partial charge is 0.294 e. The Bertz CT molecular complexity index is 3170. The standard InChI is InChI=1S/C44H30N4O12S4/c49-57-59-61-29-9-1-25(2-10-29)41-33-17-18-34(45-33)42(26-3-11-30(12-4-26)62-60-58-50)36-20-22-38(47-36)44(28-7-15-32(16-8-28)64(54,55)56)40-24-23-39(48-40)43(37-21-19-35(41)46-37)27-5-13-31(14-6-27)63(51,52)53/h1-24,45,48-50H,(H,51,52,53)(H,54,55,56). The number of aromatic amines is 2. The van der Waals surface area contributed by atoms with Gasteiger partial charge in [0.05, 0.1) is 56.7 Å². The minimum absolute atomic E-state index is 0.289. The summed E-state index contributed by atoms with van der Waals surface area (Å²) in [6.45, 7) is 0. The van der Waals surface area contributed by atoms with Crippen LogP contribution in [0.3, 0.4) is 0 Å². The van der Waals surface area contributed by atoms with Gasteiger partial charge in [-0.2, -0.15) is 16.8 Å². The van der Waals surface area contributed by atoms with E-state index in [-0.39, 0.29) is 9.79 Å². The highest BCUT2D eigenvalue weighted by Gasteiger charge is 2.20. The topological polar surface area (TPSA) is 243 Å². The van der Waals surface area contributed by atoms with Gasteiger partial charge in [-0.3, -0.25) is 9.11 Å². The molecule has 0 atom stereocenters. The van der Waals surface area contributed by atoms with E-state index in [1.54, 1.807) is 48.5 Å². The molecule has 0 saturated heterocycles. The SMILES string of the molecule is O=S(=O)(O)c1ccc(-c2c3nc(c(-c4ccc(SOOO)cc4)c4ccc([nH]4)c(-c4ccc(SOOO)cc4)c4nc(c(-c5ccc(S(=O)(=O)O)cc5)c5ccc2[nH]5)C=C4)C=C3)cc1. The third kappa shape index (κ3) is 8.81. The Morgan fingerprint density at radius 1 is 0.406 bits per heavy atom. The molecule has 16 nitrogen and oxygen atoms in total. The van der Waals surface area contributed by atoms with E-state index in [4.69, 9.17) is 20.5 Å². The summed E-state index contributed by atoms with van der Waals surface area (Å²) >= 11 is 1.63. The average Bonchev–Trinajstić information content (AvgIpc) is 4.14. The molecule has 7 aromatic rings. The fourth-order valence-corrected chi connectivity index (χ4v) is 9.14. The quantitative estimate of drug-likeness (QED) is 0.0289. The molecule has 0 fully saturated rings. The van der Waals surface area contributed by atoms with Crippen LogP contribution in [0.25, 0.3) is 90.9 Å². The van der Waals surface area contributed by atoms with Crippen LogP contribution in [0.15, 0.2) is 141 Å². The highest BCUT2D eigenvalue weighted by molar-refractivity contribution is 7.94. The summed E-state index contributed by atoms with van der Waals surface area (Å²) in [4.78, 5) is 18.2. The van der Waals surface area contributed by atoms with E-state index in [2.05, 4.69) is 28.7 Å². The van der Waals surface area contributed by atoms with E-state index in [1.807, 2.05) is 72.8 Å². The zero-order valence-electron chi connectivity index (χ0n) is 32.4. The Labute approximate surface area is 372 Å².